The van der Waals surface area contributed by atoms with Gasteiger partial charge in [-0.2, -0.15) is 0 Å². The summed E-state index contributed by atoms with van der Waals surface area (Å²) >= 11 is 0. The average molecular weight is 804 g/mol. The number of allylic oxidation sites excluding steroid dienone is 17. The Kier molecular flexibility index (Phi) is 41.9. The number of aliphatic hydroxyl groups is 2. The first-order valence-electron chi connectivity index (χ1n) is 23.2. The Bertz CT molecular complexity index is 1220. The van der Waals surface area contributed by atoms with E-state index in [-0.39, 0.29) is 24.9 Å². The first kappa shape index (κ1) is 54.5. The van der Waals surface area contributed by atoms with Gasteiger partial charge in [0.15, 0.2) is 0 Å². The molecule has 0 bridgehead atoms. The summed E-state index contributed by atoms with van der Waals surface area (Å²) in [5, 5.41) is 23.6. The zero-order valence-corrected chi connectivity index (χ0v) is 37.1. The number of nitrogens with one attached hydrogen (secondary N) is 1. The molecule has 0 aromatic carbocycles. The lowest BCUT2D eigenvalue weighted by Crippen LogP contribution is -2.46. The van der Waals surface area contributed by atoms with E-state index in [9.17, 15) is 19.8 Å². The molecule has 0 aromatic heterocycles. The Labute approximate surface area is 356 Å². The molecule has 0 radical (unpaired) electrons. The molecule has 0 aliphatic heterocycles. The molecule has 0 rings (SSSR count). The zero-order chi connectivity index (χ0) is 42.4. The molecule has 6 heteroatoms. The normalized spacial score (nSPS) is 14.4. The van der Waals surface area contributed by atoms with Crippen LogP contribution in [0.2, 0.25) is 0 Å². The summed E-state index contributed by atoms with van der Waals surface area (Å²) in [5.41, 5.74) is 0. The van der Waals surface area contributed by atoms with E-state index in [4.69, 9.17) is 4.74 Å². The summed E-state index contributed by atoms with van der Waals surface area (Å²) in [4.78, 5) is 26.0. The summed E-state index contributed by atoms with van der Waals surface area (Å²) in [7, 11) is 0. The van der Waals surface area contributed by atoms with Gasteiger partial charge in [0.2, 0.25) is 5.91 Å². The minimum Gasteiger partial charge on any atom is -0.458 e. The van der Waals surface area contributed by atoms with Gasteiger partial charge in [-0.05, 0) is 70.3 Å². The predicted molar refractivity (Wildman–Crippen MR) is 250 cm³/mol. The molecule has 6 nitrogen and oxygen atoms in total. The second-order valence-corrected chi connectivity index (χ2v) is 15.1. The Morgan fingerprint density at radius 3 is 1.60 bits per heavy atom. The number of esters is 1. The van der Waals surface area contributed by atoms with Gasteiger partial charge in [-0.1, -0.05) is 208 Å². The van der Waals surface area contributed by atoms with Crippen molar-refractivity contribution in [1.82, 2.24) is 5.32 Å². The van der Waals surface area contributed by atoms with Crippen LogP contribution >= 0.6 is 0 Å². The van der Waals surface area contributed by atoms with Crippen LogP contribution in [-0.4, -0.2) is 46.9 Å². The van der Waals surface area contributed by atoms with E-state index in [1.165, 1.54) is 44.9 Å². The van der Waals surface area contributed by atoms with Crippen molar-refractivity contribution >= 4 is 11.9 Å². The fourth-order valence-electron chi connectivity index (χ4n) is 6.22. The maximum Gasteiger partial charge on any atom is 0.306 e. The molecule has 58 heavy (non-hydrogen) atoms. The summed E-state index contributed by atoms with van der Waals surface area (Å²) in [6, 6.07) is -0.752. The highest BCUT2D eigenvalue weighted by molar-refractivity contribution is 5.78. The lowest BCUT2D eigenvalue weighted by Gasteiger charge is -2.23. The number of carbonyl (C=O) groups is 2. The van der Waals surface area contributed by atoms with E-state index in [1.54, 1.807) is 6.08 Å². The Morgan fingerprint density at radius 2 is 1.03 bits per heavy atom. The average Bonchev–Trinajstić information content (AvgIpc) is 3.22. The highest BCUT2D eigenvalue weighted by Crippen LogP contribution is 2.14. The molecule has 0 aliphatic rings. The standard InChI is InChI=1S/C52H85NO5/c1-4-7-10-13-16-19-22-24-26-28-30-33-36-39-42-45-52(57)58-48(43-40-37-34-31-29-27-25-23-20-17-14-11-8-5-2)46-51(56)53-49(47-54)50(55)44-41-38-35-32-21-18-15-12-9-6-3/h7-8,10-11,13,16-17,19-20,22,24-27,31,34,40,43,48-50,54-55H,4-6,9,12,14-15,18,21,23,28-30,32-33,35-39,41-42,44-47H2,1-3H3,(H,53,56)/b10-7+,11-8+,16-13+,20-17+,22-19+,26-24-,27-25+,34-31+,43-40+. The third kappa shape index (κ3) is 39.4. The number of carbonyl (C=O) groups excluding carboxylic acids is 2. The lowest BCUT2D eigenvalue weighted by atomic mass is 10.0. The number of amides is 1. The smallest absolute Gasteiger partial charge is 0.306 e. The topological polar surface area (TPSA) is 95.9 Å². The van der Waals surface area contributed by atoms with E-state index in [1.807, 2.05) is 30.4 Å². The van der Waals surface area contributed by atoms with Crippen LogP contribution in [0.3, 0.4) is 0 Å². The number of aliphatic hydroxyl groups excluding tert-OH is 2. The Balaban J connectivity index is 4.84. The second kappa shape index (κ2) is 44.6. The number of hydrogen-bond donors (Lipinski definition) is 3. The van der Waals surface area contributed by atoms with Gasteiger partial charge in [0.05, 0.1) is 25.2 Å². The highest BCUT2D eigenvalue weighted by Gasteiger charge is 2.23. The fraction of sp³-hybridized carbons (Fsp3) is 0.615. The van der Waals surface area contributed by atoms with Crippen molar-refractivity contribution in [3.8, 4) is 0 Å². The van der Waals surface area contributed by atoms with Crippen molar-refractivity contribution in [2.75, 3.05) is 6.61 Å². The van der Waals surface area contributed by atoms with Crippen molar-refractivity contribution in [2.45, 2.75) is 200 Å². The van der Waals surface area contributed by atoms with Gasteiger partial charge in [-0.15, -0.1) is 0 Å². The van der Waals surface area contributed by atoms with Crippen LogP contribution in [0.25, 0.3) is 0 Å². The van der Waals surface area contributed by atoms with Crippen molar-refractivity contribution in [3.63, 3.8) is 0 Å². The second-order valence-electron chi connectivity index (χ2n) is 15.1. The van der Waals surface area contributed by atoms with Gasteiger partial charge < -0.3 is 20.3 Å². The molecular weight excluding hydrogens is 719 g/mol. The minimum absolute atomic E-state index is 0.0627. The molecule has 3 N–H and O–H groups in total. The maximum absolute atomic E-state index is 13.1. The van der Waals surface area contributed by atoms with Crippen molar-refractivity contribution in [2.24, 2.45) is 0 Å². The van der Waals surface area contributed by atoms with Gasteiger partial charge in [-0.3, -0.25) is 9.59 Å². The van der Waals surface area contributed by atoms with E-state index >= 15 is 0 Å². The molecule has 0 aliphatic carbocycles. The van der Waals surface area contributed by atoms with Gasteiger partial charge in [-0.25, -0.2) is 0 Å². The summed E-state index contributed by atoms with van der Waals surface area (Å²) in [6.45, 7) is 6.15. The first-order chi connectivity index (χ1) is 28.5. The minimum atomic E-state index is -0.828. The third-order valence-electron chi connectivity index (χ3n) is 9.69. The van der Waals surface area contributed by atoms with Gasteiger partial charge in [0, 0.05) is 6.42 Å². The van der Waals surface area contributed by atoms with E-state index in [0.29, 0.717) is 19.3 Å². The molecule has 0 saturated carbocycles. The number of ether oxygens (including phenoxy) is 1. The van der Waals surface area contributed by atoms with E-state index < -0.39 is 18.2 Å². The number of rotatable bonds is 39. The van der Waals surface area contributed by atoms with Crippen LogP contribution in [0.4, 0.5) is 0 Å². The Hall–Kier alpha value is -3.48. The summed E-state index contributed by atoms with van der Waals surface area (Å²) < 4.78 is 5.79. The zero-order valence-electron chi connectivity index (χ0n) is 37.1. The molecule has 0 saturated heterocycles. The largest absolute Gasteiger partial charge is 0.458 e. The molecule has 0 aromatic rings. The summed E-state index contributed by atoms with van der Waals surface area (Å²) in [5.74, 6) is -0.669. The van der Waals surface area contributed by atoms with Crippen LogP contribution in [0.1, 0.15) is 181 Å². The highest BCUT2D eigenvalue weighted by atomic mass is 16.5. The van der Waals surface area contributed by atoms with Crippen LogP contribution in [0.5, 0.6) is 0 Å². The Morgan fingerprint density at radius 1 is 0.552 bits per heavy atom. The molecular formula is C52H85NO5. The predicted octanol–water partition coefficient (Wildman–Crippen LogP) is 13.6. The molecule has 0 spiro atoms. The molecule has 328 valence electrons. The first-order valence-corrected chi connectivity index (χ1v) is 23.2. The van der Waals surface area contributed by atoms with Crippen LogP contribution in [0.15, 0.2) is 109 Å². The van der Waals surface area contributed by atoms with Gasteiger partial charge in [0.25, 0.3) is 0 Å². The third-order valence-corrected chi connectivity index (χ3v) is 9.69. The van der Waals surface area contributed by atoms with E-state index in [2.05, 4.69) is 99.0 Å². The fourth-order valence-corrected chi connectivity index (χ4v) is 6.22. The quantitative estimate of drug-likeness (QED) is 0.0249. The summed E-state index contributed by atoms with van der Waals surface area (Å²) in [6.07, 6.45) is 60.3. The lowest BCUT2D eigenvalue weighted by molar-refractivity contribution is -0.148. The number of hydrogen-bond acceptors (Lipinski definition) is 5. The van der Waals surface area contributed by atoms with Crippen molar-refractivity contribution < 1.29 is 24.5 Å². The van der Waals surface area contributed by atoms with Gasteiger partial charge >= 0.3 is 5.97 Å². The molecule has 3 atom stereocenters. The van der Waals surface area contributed by atoms with Crippen LogP contribution in [0, 0.1) is 0 Å². The maximum atomic E-state index is 13.1. The molecule has 1 amide bonds. The number of unbranched alkanes of at least 4 members (excludes halogenated alkanes) is 14. The van der Waals surface area contributed by atoms with Crippen molar-refractivity contribution in [1.29, 1.82) is 0 Å². The molecule has 3 unspecified atom stereocenters. The van der Waals surface area contributed by atoms with Crippen LogP contribution < -0.4 is 5.32 Å². The monoisotopic (exact) mass is 804 g/mol. The van der Waals surface area contributed by atoms with Gasteiger partial charge in [0.1, 0.15) is 6.10 Å². The van der Waals surface area contributed by atoms with Crippen LogP contribution in [-0.2, 0) is 14.3 Å². The van der Waals surface area contributed by atoms with Crippen molar-refractivity contribution in [3.05, 3.63) is 109 Å². The molecule has 0 heterocycles. The van der Waals surface area contributed by atoms with E-state index in [0.717, 1.165) is 89.9 Å². The SMILES string of the molecule is CC/C=C/C=C/C=C/C=C\CCCCCCCC(=O)OC(/C=C/C/C=C/C/C=C/C/C=C/C/C=C/CC)CC(=O)NC(CO)C(O)CCCCCCCCCCCC. The molecule has 0 fully saturated rings.